The van der Waals surface area contributed by atoms with E-state index in [2.05, 4.69) is 15.0 Å². The van der Waals surface area contributed by atoms with E-state index in [9.17, 15) is 15.0 Å². The van der Waals surface area contributed by atoms with Crippen LogP contribution in [0.2, 0.25) is 0 Å². The summed E-state index contributed by atoms with van der Waals surface area (Å²) in [5.41, 5.74) is 6.51. The maximum absolute atomic E-state index is 12.6. The number of nitrogen functional groups attached to an aromatic ring is 1. The summed E-state index contributed by atoms with van der Waals surface area (Å²) < 4.78 is 7.19. The van der Waals surface area contributed by atoms with E-state index in [0.29, 0.717) is 24.3 Å². The number of piperidine rings is 1. The van der Waals surface area contributed by atoms with Crippen LogP contribution in [0, 0.1) is 0 Å². The van der Waals surface area contributed by atoms with Gasteiger partial charge < -0.3 is 25.6 Å². The Balaban J connectivity index is 1.61. The summed E-state index contributed by atoms with van der Waals surface area (Å²) in [6.45, 7) is 1.29. The maximum atomic E-state index is 12.6. The highest BCUT2D eigenvalue weighted by molar-refractivity contribution is 5.83. The normalized spacial score (nSPS) is 30.1. The Morgan fingerprint density at radius 3 is 2.68 bits per heavy atom. The standard InChI is InChI=1S/C15H20N6O4/c16-12-8-13(18-6-17-12)21(7-19-8)15-10(23)9(22)11(25-15)14(24)20-4-2-1-3-5-20/h6-7,9-11,15,22-23H,1-5H2,(H2,16,17,18)/t9-,10+,11-,15?/m0/s1. The maximum Gasteiger partial charge on any atom is 0.254 e. The first kappa shape index (κ1) is 16.2. The molecule has 134 valence electrons. The number of carbonyl (C=O) groups excluding carboxylic acids is 1. The van der Waals surface area contributed by atoms with Crippen LogP contribution in [0.25, 0.3) is 11.2 Å². The van der Waals surface area contributed by atoms with Crippen LogP contribution in [0.4, 0.5) is 5.82 Å². The highest BCUT2D eigenvalue weighted by Gasteiger charge is 2.49. The summed E-state index contributed by atoms with van der Waals surface area (Å²) in [6, 6.07) is 0. The number of imidazole rings is 1. The molecule has 10 nitrogen and oxygen atoms in total. The molecule has 2 saturated heterocycles. The van der Waals surface area contributed by atoms with Gasteiger partial charge in [0.15, 0.2) is 23.8 Å². The molecule has 4 heterocycles. The van der Waals surface area contributed by atoms with Gasteiger partial charge in [0.2, 0.25) is 0 Å². The molecule has 0 aliphatic carbocycles. The highest BCUT2D eigenvalue weighted by atomic mass is 16.6. The van der Waals surface area contributed by atoms with Gasteiger partial charge in [-0.05, 0) is 19.3 Å². The lowest BCUT2D eigenvalue weighted by Gasteiger charge is -2.29. The Morgan fingerprint density at radius 1 is 1.16 bits per heavy atom. The number of rotatable bonds is 2. The van der Waals surface area contributed by atoms with Crippen molar-refractivity contribution in [3.63, 3.8) is 0 Å². The third kappa shape index (κ3) is 2.62. The van der Waals surface area contributed by atoms with Crippen LogP contribution >= 0.6 is 0 Å². The van der Waals surface area contributed by atoms with Crippen molar-refractivity contribution >= 4 is 22.9 Å². The number of aliphatic hydroxyl groups is 2. The largest absolute Gasteiger partial charge is 0.387 e. The second-order valence-corrected chi connectivity index (χ2v) is 6.40. The number of hydrogen-bond acceptors (Lipinski definition) is 8. The summed E-state index contributed by atoms with van der Waals surface area (Å²) in [4.78, 5) is 26.4. The van der Waals surface area contributed by atoms with Crippen molar-refractivity contribution < 1.29 is 19.7 Å². The molecule has 25 heavy (non-hydrogen) atoms. The first-order valence-electron chi connectivity index (χ1n) is 8.31. The lowest BCUT2D eigenvalue weighted by Crippen LogP contribution is -2.47. The summed E-state index contributed by atoms with van der Waals surface area (Å²) in [5.74, 6) is -0.0926. The molecule has 10 heteroatoms. The van der Waals surface area contributed by atoms with Crippen LogP contribution in [-0.4, -0.2) is 71.9 Å². The first-order valence-corrected chi connectivity index (χ1v) is 8.31. The van der Waals surface area contributed by atoms with Gasteiger partial charge in [-0.2, -0.15) is 0 Å². The van der Waals surface area contributed by atoms with Gasteiger partial charge in [0.05, 0.1) is 6.33 Å². The minimum atomic E-state index is -1.32. The molecule has 0 aromatic carbocycles. The van der Waals surface area contributed by atoms with Gasteiger partial charge in [-0.25, -0.2) is 15.0 Å². The van der Waals surface area contributed by atoms with Crippen LogP contribution in [0.1, 0.15) is 25.5 Å². The van der Waals surface area contributed by atoms with Crippen LogP contribution in [0.15, 0.2) is 12.7 Å². The Morgan fingerprint density at radius 2 is 1.92 bits per heavy atom. The van der Waals surface area contributed by atoms with Crippen molar-refractivity contribution in [3.8, 4) is 0 Å². The highest BCUT2D eigenvalue weighted by Crippen LogP contribution is 2.33. The van der Waals surface area contributed by atoms with Gasteiger partial charge in [-0.1, -0.05) is 0 Å². The number of nitrogens with zero attached hydrogens (tertiary/aromatic N) is 5. The average Bonchev–Trinajstić information content (AvgIpc) is 3.18. The molecule has 0 saturated carbocycles. The second-order valence-electron chi connectivity index (χ2n) is 6.40. The topological polar surface area (TPSA) is 140 Å². The number of likely N-dealkylation sites (tertiary alicyclic amines) is 1. The van der Waals surface area contributed by atoms with E-state index in [1.807, 2.05) is 0 Å². The van der Waals surface area contributed by atoms with Crippen molar-refractivity contribution in [1.82, 2.24) is 24.4 Å². The zero-order chi connectivity index (χ0) is 17.6. The molecule has 4 rings (SSSR count). The van der Waals surface area contributed by atoms with Gasteiger partial charge in [-0.3, -0.25) is 9.36 Å². The number of carbonyl (C=O) groups is 1. The van der Waals surface area contributed by atoms with Crippen LogP contribution in [-0.2, 0) is 9.53 Å². The Hall–Kier alpha value is -2.30. The summed E-state index contributed by atoms with van der Waals surface area (Å²) >= 11 is 0. The van der Waals surface area contributed by atoms with E-state index in [1.54, 1.807) is 4.90 Å². The molecule has 2 aliphatic rings. The Kier molecular flexibility index (Phi) is 4.02. The lowest BCUT2D eigenvalue weighted by molar-refractivity contribution is -0.149. The fraction of sp³-hybridized carbons (Fsp3) is 0.600. The average molecular weight is 348 g/mol. The minimum absolute atomic E-state index is 0.206. The summed E-state index contributed by atoms with van der Waals surface area (Å²) in [6.07, 6.45) is 0.941. The number of aliphatic hydroxyl groups excluding tert-OH is 2. The van der Waals surface area contributed by atoms with E-state index < -0.39 is 24.5 Å². The smallest absolute Gasteiger partial charge is 0.254 e. The van der Waals surface area contributed by atoms with Crippen molar-refractivity contribution in [2.45, 2.75) is 43.8 Å². The van der Waals surface area contributed by atoms with Crippen LogP contribution in [0.3, 0.4) is 0 Å². The van der Waals surface area contributed by atoms with E-state index in [-0.39, 0.29) is 11.7 Å². The van der Waals surface area contributed by atoms with Crippen molar-refractivity contribution in [2.24, 2.45) is 0 Å². The molecule has 4 N–H and O–H groups in total. The molecule has 1 amide bonds. The van der Waals surface area contributed by atoms with Gasteiger partial charge in [0.25, 0.3) is 5.91 Å². The zero-order valence-electron chi connectivity index (χ0n) is 13.5. The number of hydrogen-bond donors (Lipinski definition) is 3. The van der Waals surface area contributed by atoms with E-state index >= 15 is 0 Å². The molecule has 0 radical (unpaired) electrons. The predicted molar refractivity (Wildman–Crippen MR) is 86.1 cm³/mol. The number of nitrogens with two attached hydrogens (primary N) is 1. The van der Waals surface area contributed by atoms with Crippen molar-refractivity contribution in [1.29, 1.82) is 0 Å². The lowest BCUT2D eigenvalue weighted by atomic mass is 10.1. The third-order valence-corrected chi connectivity index (χ3v) is 4.81. The Labute approximate surface area is 143 Å². The summed E-state index contributed by atoms with van der Waals surface area (Å²) in [5, 5.41) is 20.7. The first-order chi connectivity index (χ1) is 12.1. The molecular formula is C15H20N6O4. The van der Waals surface area contributed by atoms with E-state index in [1.165, 1.54) is 17.2 Å². The fourth-order valence-corrected chi connectivity index (χ4v) is 3.44. The van der Waals surface area contributed by atoms with E-state index in [4.69, 9.17) is 10.5 Å². The van der Waals surface area contributed by atoms with Gasteiger partial charge in [0, 0.05) is 13.1 Å². The Bertz CT molecular complexity index is 789. The monoisotopic (exact) mass is 348 g/mol. The zero-order valence-corrected chi connectivity index (χ0v) is 13.5. The molecule has 4 atom stereocenters. The molecule has 2 aliphatic heterocycles. The van der Waals surface area contributed by atoms with Crippen LogP contribution < -0.4 is 5.73 Å². The molecule has 0 bridgehead atoms. The molecule has 0 spiro atoms. The molecule has 2 aromatic rings. The van der Waals surface area contributed by atoms with Gasteiger partial charge in [0.1, 0.15) is 24.1 Å². The molecule has 1 unspecified atom stereocenters. The predicted octanol–water partition coefficient (Wildman–Crippen LogP) is -0.960. The summed E-state index contributed by atoms with van der Waals surface area (Å²) in [7, 11) is 0. The molecular weight excluding hydrogens is 328 g/mol. The van der Waals surface area contributed by atoms with E-state index in [0.717, 1.165) is 19.3 Å². The molecule has 2 aromatic heterocycles. The SMILES string of the molecule is Nc1ncnc2c1ncn2C1O[C@H](C(=O)N2CCCCC2)[C@@H](O)[C@H]1O. The second kappa shape index (κ2) is 6.21. The number of aromatic nitrogens is 4. The van der Waals surface area contributed by atoms with Crippen molar-refractivity contribution in [2.75, 3.05) is 18.8 Å². The quantitative estimate of drug-likeness (QED) is 0.630. The fourth-order valence-electron chi connectivity index (χ4n) is 3.44. The third-order valence-electron chi connectivity index (χ3n) is 4.81. The van der Waals surface area contributed by atoms with Crippen LogP contribution in [0.5, 0.6) is 0 Å². The number of fused-ring (bicyclic) bond motifs is 1. The van der Waals surface area contributed by atoms with Gasteiger partial charge >= 0.3 is 0 Å². The molecule has 2 fully saturated rings. The number of ether oxygens (including phenoxy) is 1. The number of amides is 1. The number of anilines is 1. The minimum Gasteiger partial charge on any atom is -0.387 e. The van der Waals surface area contributed by atoms with Gasteiger partial charge in [-0.15, -0.1) is 0 Å². The van der Waals surface area contributed by atoms with Crippen molar-refractivity contribution in [3.05, 3.63) is 12.7 Å².